The average Bonchev–Trinajstić information content (AvgIpc) is 3.46. The van der Waals surface area contributed by atoms with Crippen molar-refractivity contribution in [2.24, 2.45) is 11.8 Å². The molecule has 0 aliphatic heterocycles. The maximum atomic E-state index is 7.40. The van der Waals surface area contributed by atoms with Gasteiger partial charge in [-0.3, -0.25) is 0 Å². The highest BCUT2D eigenvalue weighted by Gasteiger charge is 2.27. The van der Waals surface area contributed by atoms with Crippen LogP contribution >= 0.6 is 31.9 Å². The standard InChI is InChI=1S/C70H106Br2O2/c1-5-9-13-17-21-25-27-31-35-39-45-55(43-37-33-29-23-19-15-11-7-3)53-73-69-59-49-41-47-57-64(72)52-62-68(65(57)59)67-61(69)51-63(71)58-48-42-50-60(66(58)67)70(62)74-54-56(44-38-34-30-24-20-16-12-8-4)46-40-36-32-28-26-22-18-14-10-6-2/h41-42,47-52,55-56H,5-40,43-46,53-54H2,1-4H3. The highest BCUT2D eigenvalue weighted by molar-refractivity contribution is 9.11. The fraction of sp³-hybridized carbons (Fsp3) is 0.686. The third-order valence-electron chi connectivity index (χ3n) is 17.2. The molecule has 0 heterocycles. The molecule has 0 aromatic heterocycles. The van der Waals surface area contributed by atoms with Gasteiger partial charge in [-0.2, -0.15) is 0 Å². The summed E-state index contributed by atoms with van der Waals surface area (Å²) in [6, 6.07) is 18.6. The van der Waals surface area contributed by atoms with Crippen molar-refractivity contribution in [3.8, 4) is 11.5 Å². The molecule has 6 aromatic rings. The number of hydrogen-bond acceptors (Lipinski definition) is 2. The van der Waals surface area contributed by atoms with Crippen LogP contribution in [0.4, 0.5) is 0 Å². The Kier molecular flexibility index (Phi) is 29.6. The number of ether oxygens (including phenoxy) is 2. The SMILES string of the molecule is CCCCCCCCCCCCC(CCCCCCCCCC)COc1c2cccc3c(Br)cc4c(OCC(CCCCCCCCCC)CCCCCCCCCCCC)c5cccc6c(Br)cc1c(c65)c4c32. The Hall–Kier alpha value is -2.30. The topological polar surface area (TPSA) is 18.5 Å². The van der Waals surface area contributed by atoms with Crippen molar-refractivity contribution in [1.29, 1.82) is 0 Å². The van der Waals surface area contributed by atoms with Gasteiger partial charge in [-0.1, -0.05) is 327 Å². The molecular formula is C70H106Br2O2. The molecule has 6 aromatic carbocycles. The zero-order valence-electron chi connectivity index (χ0n) is 48.0. The summed E-state index contributed by atoms with van der Waals surface area (Å²) in [6.07, 6.45) is 54.7. The molecule has 0 amide bonds. The fourth-order valence-corrected chi connectivity index (χ4v) is 13.8. The molecule has 0 N–H and O–H groups in total. The van der Waals surface area contributed by atoms with Gasteiger partial charge in [0.1, 0.15) is 11.5 Å². The molecule has 2 atom stereocenters. The number of hydrogen-bond donors (Lipinski definition) is 0. The van der Waals surface area contributed by atoms with Gasteiger partial charge in [-0.05, 0) is 60.4 Å². The Bertz CT molecular complexity index is 2220. The largest absolute Gasteiger partial charge is 0.492 e. The summed E-state index contributed by atoms with van der Waals surface area (Å²) in [5, 5.41) is 12.8. The summed E-state index contributed by atoms with van der Waals surface area (Å²) >= 11 is 8.30. The van der Waals surface area contributed by atoms with Crippen molar-refractivity contribution in [1.82, 2.24) is 0 Å². The van der Waals surface area contributed by atoms with Crippen molar-refractivity contribution in [2.75, 3.05) is 13.2 Å². The lowest BCUT2D eigenvalue weighted by atomic mass is 9.85. The summed E-state index contributed by atoms with van der Waals surface area (Å²) < 4.78 is 17.1. The first-order valence-electron chi connectivity index (χ1n) is 32.0. The minimum absolute atomic E-state index is 0.568. The van der Waals surface area contributed by atoms with Crippen LogP contribution in [0.3, 0.4) is 0 Å². The van der Waals surface area contributed by atoms with Gasteiger partial charge >= 0.3 is 0 Å². The molecule has 0 radical (unpaired) electrons. The molecule has 0 fully saturated rings. The lowest BCUT2D eigenvalue weighted by Gasteiger charge is -2.26. The van der Waals surface area contributed by atoms with Gasteiger partial charge in [-0.15, -0.1) is 0 Å². The van der Waals surface area contributed by atoms with Crippen LogP contribution in [0.25, 0.3) is 53.9 Å². The van der Waals surface area contributed by atoms with Gasteiger partial charge in [0.2, 0.25) is 0 Å². The first-order chi connectivity index (χ1) is 36.5. The van der Waals surface area contributed by atoms with Gasteiger partial charge in [0, 0.05) is 52.0 Å². The van der Waals surface area contributed by atoms with E-state index >= 15 is 0 Å². The second-order valence-electron chi connectivity index (χ2n) is 23.5. The molecule has 412 valence electrons. The average molecular weight is 1140 g/mol. The monoisotopic (exact) mass is 1140 g/mol. The van der Waals surface area contributed by atoms with Gasteiger partial charge in [0.05, 0.1) is 13.2 Å². The number of halogens is 2. The fourth-order valence-electron chi connectivity index (χ4n) is 12.7. The Morgan fingerprint density at radius 2 is 0.541 bits per heavy atom. The Labute approximate surface area is 470 Å². The molecule has 0 saturated heterocycles. The van der Waals surface area contributed by atoms with Crippen LogP contribution in [0.2, 0.25) is 0 Å². The molecule has 74 heavy (non-hydrogen) atoms. The van der Waals surface area contributed by atoms with Crippen molar-refractivity contribution >= 4 is 85.7 Å². The maximum absolute atomic E-state index is 7.40. The Morgan fingerprint density at radius 1 is 0.297 bits per heavy atom. The second-order valence-corrected chi connectivity index (χ2v) is 25.2. The van der Waals surface area contributed by atoms with Gasteiger partial charge in [0.25, 0.3) is 0 Å². The van der Waals surface area contributed by atoms with Crippen LogP contribution in [-0.4, -0.2) is 13.2 Å². The summed E-state index contributed by atoms with van der Waals surface area (Å²) in [6.45, 7) is 10.8. The molecule has 2 unspecified atom stereocenters. The number of rotatable bonds is 46. The van der Waals surface area contributed by atoms with E-state index in [2.05, 4.69) is 108 Å². The second kappa shape index (κ2) is 36.0. The molecule has 2 nitrogen and oxygen atoms in total. The molecule has 4 heteroatoms. The Morgan fingerprint density at radius 3 is 0.811 bits per heavy atom. The van der Waals surface area contributed by atoms with E-state index in [1.165, 1.54) is 311 Å². The molecular weight excluding hydrogens is 1030 g/mol. The predicted molar refractivity (Wildman–Crippen MR) is 337 cm³/mol. The first kappa shape index (κ1) is 60.9. The predicted octanol–water partition coefficient (Wildman–Crippen LogP) is 25.5. The van der Waals surface area contributed by atoms with Crippen molar-refractivity contribution in [3.63, 3.8) is 0 Å². The summed E-state index contributed by atoms with van der Waals surface area (Å²) in [5.41, 5.74) is 0. The highest BCUT2D eigenvalue weighted by atomic mass is 79.9. The third-order valence-corrected chi connectivity index (χ3v) is 18.6. The summed E-state index contributed by atoms with van der Waals surface area (Å²) in [5.74, 6) is 3.27. The minimum atomic E-state index is 0.568. The zero-order chi connectivity index (χ0) is 52.0. The van der Waals surface area contributed by atoms with Crippen LogP contribution in [0.15, 0.2) is 57.5 Å². The van der Waals surface area contributed by atoms with Crippen LogP contribution in [0, 0.1) is 11.8 Å². The molecule has 0 bridgehead atoms. The van der Waals surface area contributed by atoms with Crippen LogP contribution in [0.1, 0.15) is 285 Å². The van der Waals surface area contributed by atoms with E-state index in [-0.39, 0.29) is 0 Å². The quantitative estimate of drug-likeness (QED) is 0.0215. The zero-order valence-corrected chi connectivity index (χ0v) is 51.2. The molecule has 0 aliphatic rings. The van der Waals surface area contributed by atoms with Crippen molar-refractivity contribution in [3.05, 3.63) is 57.5 Å². The van der Waals surface area contributed by atoms with Gasteiger partial charge < -0.3 is 9.47 Å². The number of benzene rings is 6. The smallest absolute Gasteiger partial charge is 0.135 e. The molecule has 0 aliphatic carbocycles. The van der Waals surface area contributed by atoms with Crippen molar-refractivity contribution in [2.45, 2.75) is 285 Å². The van der Waals surface area contributed by atoms with Gasteiger partial charge in [-0.25, -0.2) is 0 Å². The van der Waals surface area contributed by atoms with Crippen LogP contribution < -0.4 is 9.47 Å². The highest BCUT2D eigenvalue weighted by Crippen LogP contribution is 2.54. The first-order valence-corrected chi connectivity index (χ1v) is 33.6. The van der Waals surface area contributed by atoms with E-state index in [9.17, 15) is 0 Å². The minimum Gasteiger partial charge on any atom is -0.492 e. The van der Waals surface area contributed by atoms with E-state index in [1.54, 1.807) is 0 Å². The van der Waals surface area contributed by atoms with E-state index in [0.29, 0.717) is 11.8 Å². The Balaban J connectivity index is 1.24. The van der Waals surface area contributed by atoms with Crippen LogP contribution in [-0.2, 0) is 0 Å². The number of unbranched alkanes of at least 4 members (excludes halogenated alkanes) is 32. The van der Waals surface area contributed by atoms with E-state index in [0.717, 1.165) is 33.7 Å². The molecule has 6 rings (SSSR count). The van der Waals surface area contributed by atoms with E-state index in [1.807, 2.05) is 0 Å². The van der Waals surface area contributed by atoms with Gasteiger partial charge in [0.15, 0.2) is 0 Å². The lowest BCUT2D eigenvalue weighted by molar-refractivity contribution is 0.228. The summed E-state index contributed by atoms with van der Waals surface area (Å²) in [4.78, 5) is 0. The normalized spacial score (nSPS) is 13.0. The van der Waals surface area contributed by atoms with Crippen molar-refractivity contribution < 1.29 is 9.47 Å². The maximum Gasteiger partial charge on any atom is 0.135 e. The van der Waals surface area contributed by atoms with E-state index < -0.39 is 0 Å². The van der Waals surface area contributed by atoms with E-state index in [4.69, 9.17) is 9.47 Å². The summed E-state index contributed by atoms with van der Waals surface area (Å²) in [7, 11) is 0. The molecule has 0 saturated carbocycles. The lowest BCUT2D eigenvalue weighted by Crippen LogP contribution is -2.14. The third kappa shape index (κ3) is 19.0. The van der Waals surface area contributed by atoms with Crippen LogP contribution in [0.5, 0.6) is 11.5 Å². The molecule has 0 spiro atoms.